The van der Waals surface area contributed by atoms with Crippen LogP contribution >= 0.6 is 11.6 Å². The summed E-state index contributed by atoms with van der Waals surface area (Å²) in [6.07, 6.45) is 0.815. The van der Waals surface area contributed by atoms with Gasteiger partial charge < -0.3 is 10.4 Å². The van der Waals surface area contributed by atoms with Crippen molar-refractivity contribution in [3.05, 3.63) is 70.2 Å². The van der Waals surface area contributed by atoms with Crippen LogP contribution in [-0.2, 0) is 6.42 Å². The van der Waals surface area contributed by atoms with Crippen LogP contribution in [0, 0.1) is 0 Å². The predicted octanol–water partition coefficient (Wildman–Crippen LogP) is 2.94. The van der Waals surface area contributed by atoms with Crippen molar-refractivity contribution in [2.45, 2.75) is 18.5 Å². The maximum Gasteiger partial charge on any atom is 0.0588 e. The van der Waals surface area contributed by atoms with E-state index < -0.39 is 0 Å². The molecule has 2 N–H and O–H groups in total. The van der Waals surface area contributed by atoms with E-state index in [2.05, 4.69) is 23.5 Å². The third-order valence-corrected chi connectivity index (χ3v) is 3.87. The number of rotatable bonds is 2. The Kier molecular flexibility index (Phi) is 3.56. The van der Waals surface area contributed by atoms with E-state index in [1.807, 2.05) is 30.3 Å². The molecule has 0 radical (unpaired) electrons. The first-order chi connectivity index (χ1) is 9.28. The molecule has 98 valence electrons. The summed E-state index contributed by atoms with van der Waals surface area (Å²) in [6, 6.07) is 16.5. The SMILES string of the molecule is OC[C@@H]1Cc2cc(Cl)ccc2[C@H](c2ccccc2)N1. The molecular weight excluding hydrogens is 258 g/mol. The molecule has 0 aliphatic carbocycles. The Hall–Kier alpha value is -1.35. The van der Waals surface area contributed by atoms with Gasteiger partial charge in [-0.1, -0.05) is 48.0 Å². The van der Waals surface area contributed by atoms with Crippen LogP contribution in [0.25, 0.3) is 0 Å². The number of aliphatic hydroxyl groups excluding tert-OH is 1. The monoisotopic (exact) mass is 273 g/mol. The average Bonchev–Trinajstić information content (AvgIpc) is 2.46. The van der Waals surface area contributed by atoms with E-state index in [4.69, 9.17) is 11.6 Å². The standard InChI is InChI=1S/C16H16ClNO/c17-13-6-7-15-12(8-13)9-14(10-19)18-16(15)11-4-2-1-3-5-11/h1-8,14,16,18-19H,9-10H2/t14-,16-/m0/s1. The van der Waals surface area contributed by atoms with E-state index in [1.165, 1.54) is 16.7 Å². The van der Waals surface area contributed by atoms with E-state index in [0.29, 0.717) is 0 Å². The van der Waals surface area contributed by atoms with Gasteiger partial charge in [0.05, 0.1) is 12.6 Å². The molecule has 0 spiro atoms. The highest BCUT2D eigenvalue weighted by Gasteiger charge is 2.26. The first-order valence-corrected chi connectivity index (χ1v) is 6.86. The summed E-state index contributed by atoms with van der Waals surface area (Å²) in [5, 5.41) is 13.7. The molecular formula is C16H16ClNO. The maximum absolute atomic E-state index is 9.46. The first-order valence-electron chi connectivity index (χ1n) is 6.48. The molecule has 3 heteroatoms. The molecule has 2 aromatic rings. The number of benzene rings is 2. The van der Waals surface area contributed by atoms with Crippen molar-refractivity contribution in [1.29, 1.82) is 0 Å². The summed E-state index contributed by atoms with van der Waals surface area (Å²) in [6.45, 7) is 0.134. The molecule has 3 rings (SSSR count). The van der Waals surface area contributed by atoms with Crippen molar-refractivity contribution in [1.82, 2.24) is 5.32 Å². The highest BCUT2D eigenvalue weighted by atomic mass is 35.5. The normalized spacial score (nSPS) is 22.0. The van der Waals surface area contributed by atoms with Gasteiger partial charge in [-0.15, -0.1) is 0 Å². The minimum atomic E-state index is 0.0798. The number of nitrogens with one attached hydrogen (secondary N) is 1. The third-order valence-electron chi connectivity index (χ3n) is 3.64. The fourth-order valence-corrected chi connectivity index (χ4v) is 2.92. The fourth-order valence-electron chi connectivity index (χ4n) is 2.72. The zero-order valence-electron chi connectivity index (χ0n) is 10.5. The minimum absolute atomic E-state index is 0.0798. The van der Waals surface area contributed by atoms with E-state index in [9.17, 15) is 5.11 Å². The van der Waals surface area contributed by atoms with E-state index in [-0.39, 0.29) is 18.7 Å². The van der Waals surface area contributed by atoms with Crippen LogP contribution in [0.4, 0.5) is 0 Å². The second-order valence-electron chi connectivity index (χ2n) is 4.94. The Labute approximate surface area is 118 Å². The summed E-state index contributed by atoms with van der Waals surface area (Å²) >= 11 is 6.08. The van der Waals surface area contributed by atoms with Crippen LogP contribution in [-0.4, -0.2) is 17.8 Å². The Balaban J connectivity index is 2.06. The number of halogens is 1. The zero-order chi connectivity index (χ0) is 13.2. The fraction of sp³-hybridized carbons (Fsp3) is 0.250. The topological polar surface area (TPSA) is 32.3 Å². The molecule has 0 bridgehead atoms. The predicted molar refractivity (Wildman–Crippen MR) is 77.5 cm³/mol. The largest absolute Gasteiger partial charge is 0.395 e. The molecule has 1 heterocycles. The lowest BCUT2D eigenvalue weighted by molar-refractivity contribution is 0.229. The van der Waals surface area contributed by atoms with Gasteiger partial charge in [-0.05, 0) is 35.2 Å². The van der Waals surface area contributed by atoms with Crippen LogP contribution in [0.15, 0.2) is 48.5 Å². The van der Waals surface area contributed by atoms with Crippen LogP contribution in [0.5, 0.6) is 0 Å². The molecule has 2 aromatic carbocycles. The summed E-state index contributed by atoms with van der Waals surface area (Å²) in [4.78, 5) is 0. The summed E-state index contributed by atoms with van der Waals surface area (Å²) in [5.41, 5.74) is 3.68. The van der Waals surface area contributed by atoms with Crippen molar-refractivity contribution >= 4 is 11.6 Å². The third kappa shape index (κ3) is 2.52. The average molecular weight is 274 g/mol. The van der Waals surface area contributed by atoms with Gasteiger partial charge in [-0.3, -0.25) is 0 Å². The van der Waals surface area contributed by atoms with E-state index in [1.54, 1.807) is 0 Å². The van der Waals surface area contributed by atoms with Crippen molar-refractivity contribution in [2.24, 2.45) is 0 Å². The second kappa shape index (κ2) is 5.33. The molecule has 0 saturated heterocycles. The van der Waals surface area contributed by atoms with Crippen LogP contribution in [0.1, 0.15) is 22.7 Å². The van der Waals surface area contributed by atoms with Gasteiger partial charge in [0.15, 0.2) is 0 Å². The lowest BCUT2D eigenvalue weighted by Crippen LogP contribution is -2.42. The number of aliphatic hydroxyl groups is 1. The maximum atomic E-state index is 9.46. The number of hydrogen-bond donors (Lipinski definition) is 2. The molecule has 0 unspecified atom stereocenters. The first kappa shape index (κ1) is 12.7. The highest BCUT2D eigenvalue weighted by Crippen LogP contribution is 2.32. The zero-order valence-corrected chi connectivity index (χ0v) is 11.3. The number of fused-ring (bicyclic) bond motifs is 1. The summed E-state index contributed by atoms with van der Waals surface area (Å²) in [7, 11) is 0. The van der Waals surface area contributed by atoms with Crippen molar-refractivity contribution in [3.63, 3.8) is 0 Å². The Bertz CT molecular complexity index is 570. The molecule has 19 heavy (non-hydrogen) atoms. The molecule has 0 amide bonds. The van der Waals surface area contributed by atoms with Crippen molar-refractivity contribution in [2.75, 3.05) is 6.61 Å². The smallest absolute Gasteiger partial charge is 0.0588 e. The molecule has 2 nitrogen and oxygen atoms in total. The lowest BCUT2D eigenvalue weighted by atomic mass is 9.87. The highest BCUT2D eigenvalue weighted by molar-refractivity contribution is 6.30. The van der Waals surface area contributed by atoms with Crippen LogP contribution in [0.3, 0.4) is 0 Å². The van der Waals surface area contributed by atoms with Gasteiger partial charge in [-0.25, -0.2) is 0 Å². The van der Waals surface area contributed by atoms with Gasteiger partial charge in [0.25, 0.3) is 0 Å². The molecule has 1 aliphatic rings. The summed E-state index contributed by atoms with van der Waals surface area (Å²) < 4.78 is 0. The quantitative estimate of drug-likeness (QED) is 0.882. The second-order valence-corrected chi connectivity index (χ2v) is 5.37. The van der Waals surface area contributed by atoms with Crippen LogP contribution < -0.4 is 5.32 Å². The van der Waals surface area contributed by atoms with Gasteiger partial charge in [0.1, 0.15) is 0 Å². The van der Waals surface area contributed by atoms with Gasteiger partial charge in [0.2, 0.25) is 0 Å². The van der Waals surface area contributed by atoms with E-state index >= 15 is 0 Å². The molecule has 2 atom stereocenters. The van der Waals surface area contributed by atoms with Gasteiger partial charge in [-0.2, -0.15) is 0 Å². The molecule has 0 aromatic heterocycles. The molecule has 1 aliphatic heterocycles. The lowest BCUT2D eigenvalue weighted by Gasteiger charge is -2.33. The van der Waals surface area contributed by atoms with E-state index in [0.717, 1.165) is 11.4 Å². The van der Waals surface area contributed by atoms with Gasteiger partial charge in [0, 0.05) is 11.1 Å². The van der Waals surface area contributed by atoms with Crippen LogP contribution in [0.2, 0.25) is 5.02 Å². The van der Waals surface area contributed by atoms with Crippen molar-refractivity contribution < 1.29 is 5.11 Å². The summed E-state index contributed by atoms with van der Waals surface area (Å²) in [5.74, 6) is 0. The Morgan fingerprint density at radius 2 is 1.95 bits per heavy atom. The Morgan fingerprint density at radius 1 is 1.16 bits per heavy atom. The van der Waals surface area contributed by atoms with Gasteiger partial charge >= 0.3 is 0 Å². The Morgan fingerprint density at radius 3 is 2.68 bits per heavy atom. The minimum Gasteiger partial charge on any atom is -0.395 e. The molecule has 0 saturated carbocycles. The number of hydrogen-bond acceptors (Lipinski definition) is 2. The molecule has 0 fully saturated rings. The van der Waals surface area contributed by atoms with Crippen molar-refractivity contribution in [3.8, 4) is 0 Å².